The van der Waals surface area contributed by atoms with Crippen LogP contribution in [0.4, 0.5) is 0 Å². The Bertz CT molecular complexity index is 209. The molecule has 1 N–H and O–H groups in total. The summed E-state index contributed by atoms with van der Waals surface area (Å²) < 4.78 is 4.70. The predicted molar refractivity (Wildman–Crippen MR) is 51.9 cm³/mol. The van der Waals surface area contributed by atoms with Crippen molar-refractivity contribution in [3.05, 3.63) is 0 Å². The first-order valence-electron chi connectivity index (χ1n) is 5.13. The summed E-state index contributed by atoms with van der Waals surface area (Å²) in [4.78, 5) is 22.3. The van der Waals surface area contributed by atoms with Crippen LogP contribution >= 0.6 is 0 Å². The highest BCUT2D eigenvalue weighted by Gasteiger charge is 2.19. The third kappa shape index (κ3) is 3.87. The first-order valence-corrected chi connectivity index (χ1v) is 5.13. The number of nitrogens with one attached hydrogen (secondary N) is 1. The van der Waals surface area contributed by atoms with Crippen LogP contribution in [0, 0.1) is 0 Å². The van der Waals surface area contributed by atoms with Crippen molar-refractivity contribution in [1.82, 2.24) is 5.32 Å². The zero-order valence-corrected chi connectivity index (χ0v) is 8.54. The lowest BCUT2D eigenvalue weighted by molar-refractivity contribution is -0.145. The molecule has 0 saturated carbocycles. The SMILES string of the molecule is CCOC(=O)CC(=O)CC1CCCN1. The molecule has 1 rings (SSSR count). The molecule has 1 saturated heterocycles. The van der Waals surface area contributed by atoms with Crippen LogP contribution in [0.1, 0.15) is 32.6 Å². The summed E-state index contributed by atoms with van der Waals surface area (Å²) in [5.41, 5.74) is 0. The Morgan fingerprint density at radius 2 is 2.29 bits per heavy atom. The number of hydrogen-bond acceptors (Lipinski definition) is 4. The van der Waals surface area contributed by atoms with Crippen LogP contribution in [0.3, 0.4) is 0 Å². The molecule has 0 aromatic carbocycles. The first kappa shape index (κ1) is 11.2. The van der Waals surface area contributed by atoms with Gasteiger partial charge in [-0.25, -0.2) is 0 Å². The second-order valence-electron chi connectivity index (χ2n) is 3.52. The summed E-state index contributed by atoms with van der Waals surface area (Å²) in [6.45, 7) is 3.06. The molecular formula is C10H17NO3. The lowest BCUT2D eigenvalue weighted by Crippen LogP contribution is -2.25. The standard InChI is InChI=1S/C10H17NO3/c1-2-14-10(13)7-9(12)6-8-4-3-5-11-8/h8,11H,2-7H2,1H3. The fraction of sp³-hybridized carbons (Fsp3) is 0.800. The van der Waals surface area contributed by atoms with E-state index in [0.29, 0.717) is 13.0 Å². The van der Waals surface area contributed by atoms with Gasteiger partial charge in [0.1, 0.15) is 12.2 Å². The maximum atomic E-state index is 11.3. The Morgan fingerprint density at radius 1 is 1.50 bits per heavy atom. The van der Waals surface area contributed by atoms with Gasteiger partial charge in [0, 0.05) is 12.5 Å². The molecule has 0 spiro atoms. The Morgan fingerprint density at radius 3 is 2.86 bits per heavy atom. The molecule has 0 aliphatic carbocycles. The van der Waals surface area contributed by atoms with E-state index in [2.05, 4.69) is 5.32 Å². The molecule has 0 aromatic heterocycles. The zero-order valence-electron chi connectivity index (χ0n) is 8.54. The monoisotopic (exact) mass is 199 g/mol. The van der Waals surface area contributed by atoms with Crippen LogP contribution in [0.2, 0.25) is 0 Å². The van der Waals surface area contributed by atoms with Crippen molar-refractivity contribution in [2.75, 3.05) is 13.2 Å². The molecule has 4 heteroatoms. The van der Waals surface area contributed by atoms with Gasteiger partial charge in [-0.2, -0.15) is 0 Å². The minimum atomic E-state index is -0.407. The summed E-state index contributed by atoms with van der Waals surface area (Å²) in [6.07, 6.45) is 2.54. The summed E-state index contributed by atoms with van der Waals surface area (Å²) in [7, 11) is 0. The van der Waals surface area contributed by atoms with Gasteiger partial charge in [-0.1, -0.05) is 0 Å². The second kappa shape index (κ2) is 5.75. The highest BCUT2D eigenvalue weighted by Crippen LogP contribution is 2.10. The molecule has 4 nitrogen and oxygen atoms in total. The molecule has 0 radical (unpaired) electrons. The maximum Gasteiger partial charge on any atom is 0.313 e. The van der Waals surface area contributed by atoms with Crippen molar-refractivity contribution < 1.29 is 14.3 Å². The molecule has 80 valence electrons. The van der Waals surface area contributed by atoms with E-state index in [0.717, 1.165) is 19.4 Å². The summed E-state index contributed by atoms with van der Waals surface area (Å²) in [5.74, 6) is -0.432. The predicted octanol–water partition coefficient (Wildman–Crippen LogP) is 0.651. The van der Waals surface area contributed by atoms with Crippen molar-refractivity contribution in [3.8, 4) is 0 Å². The van der Waals surface area contributed by atoms with Crippen LogP contribution in [-0.2, 0) is 14.3 Å². The van der Waals surface area contributed by atoms with Gasteiger partial charge in [0.25, 0.3) is 0 Å². The molecule has 1 fully saturated rings. The van der Waals surface area contributed by atoms with E-state index >= 15 is 0 Å². The first-order chi connectivity index (χ1) is 6.72. The number of carbonyl (C=O) groups excluding carboxylic acids is 2. The van der Waals surface area contributed by atoms with Gasteiger partial charge in [0.2, 0.25) is 0 Å². The number of esters is 1. The molecule has 14 heavy (non-hydrogen) atoms. The van der Waals surface area contributed by atoms with Crippen LogP contribution in [-0.4, -0.2) is 30.9 Å². The summed E-state index contributed by atoms with van der Waals surface area (Å²) in [6, 6.07) is 0.275. The lowest BCUT2D eigenvalue weighted by atomic mass is 10.1. The lowest BCUT2D eigenvalue weighted by Gasteiger charge is -2.08. The normalized spacial score (nSPS) is 20.8. The van der Waals surface area contributed by atoms with E-state index in [1.165, 1.54) is 0 Å². The quantitative estimate of drug-likeness (QED) is 0.522. The van der Waals surface area contributed by atoms with Crippen molar-refractivity contribution in [2.45, 2.75) is 38.6 Å². The van der Waals surface area contributed by atoms with E-state index in [1.54, 1.807) is 6.92 Å². The molecular weight excluding hydrogens is 182 g/mol. The number of ketones is 1. The largest absolute Gasteiger partial charge is 0.466 e. The van der Waals surface area contributed by atoms with E-state index in [9.17, 15) is 9.59 Å². The Balaban J connectivity index is 2.17. The minimum absolute atomic E-state index is 0.0251. The molecule has 1 aliphatic rings. The highest BCUT2D eigenvalue weighted by atomic mass is 16.5. The third-order valence-corrected chi connectivity index (χ3v) is 2.28. The molecule has 1 heterocycles. The molecule has 1 atom stereocenters. The van der Waals surface area contributed by atoms with Crippen LogP contribution < -0.4 is 5.32 Å². The Hall–Kier alpha value is -0.900. The number of Topliss-reactive ketones (excluding diaryl/α,β-unsaturated/α-hetero) is 1. The Kier molecular flexibility index (Phi) is 4.59. The van der Waals surface area contributed by atoms with Gasteiger partial charge in [-0.05, 0) is 26.3 Å². The van der Waals surface area contributed by atoms with Gasteiger partial charge in [-0.3, -0.25) is 9.59 Å². The van der Waals surface area contributed by atoms with Crippen molar-refractivity contribution >= 4 is 11.8 Å². The second-order valence-corrected chi connectivity index (χ2v) is 3.52. The number of rotatable bonds is 5. The summed E-state index contributed by atoms with van der Waals surface area (Å²) in [5, 5.41) is 3.22. The van der Waals surface area contributed by atoms with Crippen LogP contribution in [0.15, 0.2) is 0 Å². The van der Waals surface area contributed by atoms with Crippen molar-refractivity contribution in [3.63, 3.8) is 0 Å². The van der Waals surface area contributed by atoms with Crippen LogP contribution in [0.5, 0.6) is 0 Å². The van der Waals surface area contributed by atoms with Gasteiger partial charge >= 0.3 is 5.97 Å². The van der Waals surface area contributed by atoms with Gasteiger partial charge in [0.15, 0.2) is 0 Å². The maximum absolute atomic E-state index is 11.3. The van der Waals surface area contributed by atoms with E-state index in [-0.39, 0.29) is 18.2 Å². The summed E-state index contributed by atoms with van der Waals surface area (Å²) >= 11 is 0. The fourth-order valence-corrected chi connectivity index (χ4v) is 1.65. The average Bonchev–Trinajstić information content (AvgIpc) is 2.56. The van der Waals surface area contributed by atoms with Gasteiger partial charge in [0.05, 0.1) is 6.61 Å². The van der Waals surface area contributed by atoms with E-state index < -0.39 is 5.97 Å². The number of ether oxygens (including phenoxy) is 1. The molecule has 0 bridgehead atoms. The average molecular weight is 199 g/mol. The number of carbonyl (C=O) groups is 2. The van der Waals surface area contributed by atoms with Gasteiger partial charge < -0.3 is 10.1 Å². The third-order valence-electron chi connectivity index (χ3n) is 2.28. The van der Waals surface area contributed by atoms with E-state index in [4.69, 9.17) is 4.74 Å². The molecule has 1 aliphatic heterocycles. The van der Waals surface area contributed by atoms with Crippen molar-refractivity contribution in [2.24, 2.45) is 0 Å². The van der Waals surface area contributed by atoms with E-state index in [1.807, 2.05) is 0 Å². The molecule has 1 unspecified atom stereocenters. The van der Waals surface area contributed by atoms with Crippen LogP contribution in [0.25, 0.3) is 0 Å². The topological polar surface area (TPSA) is 55.4 Å². The zero-order chi connectivity index (χ0) is 10.4. The molecule has 0 aromatic rings. The molecule has 0 amide bonds. The van der Waals surface area contributed by atoms with Gasteiger partial charge in [-0.15, -0.1) is 0 Å². The fourth-order valence-electron chi connectivity index (χ4n) is 1.65. The Labute approximate surface area is 84.0 Å². The van der Waals surface area contributed by atoms with Crippen molar-refractivity contribution in [1.29, 1.82) is 0 Å². The minimum Gasteiger partial charge on any atom is -0.466 e. The number of hydrogen-bond donors (Lipinski definition) is 1. The smallest absolute Gasteiger partial charge is 0.313 e. The highest BCUT2D eigenvalue weighted by molar-refractivity contribution is 5.95.